The van der Waals surface area contributed by atoms with Gasteiger partial charge in [0.25, 0.3) is 0 Å². The first-order valence-electron chi connectivity index (χ1n) is 6.42. The number of ether oxygens (including phenoxy) is 1. The van der Waals surface area contributed by atoms with Crippen molar-refractivity contribution in [2.75, 3.05) is 32.9 Å². The second kappa shape index (κ2) is 9.77. The summed E-state index contributed by atoms with van der Waals surface area (Å²) in [5.74, 6) is 0.748. The maximum atomic E-state index is 12.0. The Labute approximate surface area is 126 Å². The van der Waals surface area contributed by atoms with E-state index in [-0.39, 0.29) is 36.3 Å². The van der Waals surface area contributed by atoms with Gasteiger partial charge in [-0.1, -0.05) is 0 Å². The Balaban J connectivity index is 0.00000289. The van der Waals surface area contributed by atoms with Crippen LogP contribution >= 0.6 is 24.0 Å². The molecule has 2 N–H and O–H groups in total. The summed E-state index contributed by atoms with van der Waals surface area (Å²) in [7, 11) is 0. The molecule has 1 rings (SSSR count). The zero-order chi connectivity index (χ0) is 12.6. The molecule has 1 atom stereocenters. The van der Waals surface area contributed by atoms with E-state index in [0.29, 0.717) is 19.5 Å². The molecule has 1 fully saturated rings. The van der Waals surface area contributed by atoms with Gasteiger partial charge >= 0.3 is 0 Å². The Morgan fingerprint density at radius 3 is 2.78 bits per heavy atom. The molecule has 6 heteroatoms. The molecule has 0 bridgehead atoms. The number of aliphatic imine (C=N–C) groups is 1. The Kier molecular flexibility index (Phi) is 9.71. The summed E-state index contributed by atoms with van der Waals surface area (Å²) >= 11 is 0. The number of hydrogen-bond donors (Lipinski definition) is 2. The molecular formula is C12H25FIN3O. The van der Waals surface area contributed by atoms with E-state index in [2.05, 4.69) is 22.5 Å². The first-order chi connectivity index (χ1) is 8.20. The van der Waals surface area contributed by atoms with Crippen molar-refractivity contribution in [2.24, 2.45) is 4.99 Å². The normalized spacial score (nSPS) is 23.6. The number of nitrogens with one attached hydrogen (secondary N) is 2. The molecule has 0 radical (unpaired) electrons. The van der Waals surface area contributed by atoms with Gasteiger partial charge < -0.3 is 15.4 Å². The standard InChI is InChI=1S/C12H24FN3O.HI/c1-3-14-11(15-8-5-7-13)16-10-12(2)6-4-9-17-12;/h3-10H2,1-2H3,(H2,14,15,16);1H. The van der Waals surface area contributed by atoms with Crippen molar-refractivity contribution in [3.05, 3.63) is 0 Å². The van der Waals surface area contributed by atoms with Gasteiger partial charge in [-0.25, -0.2) is 0 Å². The number of halogens is 2. The lowest BCUT2D eigenvalue weighted by molar-refractivity contribution is 0.0283. The second-order valence-electron chi connectivity index (χ2n) is 4.57. The monoisotopic (exact) mass is 373 g/mol. The van der Waals surface area contributed by atoms with Crippen LogP contribution in [-0.2, 0) is 4.74 Å². The quantitative estimate of drug-likeness (QED) is 0.324. The molecule has 1 aliphatic heterocycles. The fraction of sp³-hybridized carbons (Fsp3) is 0.917. The van der Waals surface area contributed by atoms with Crippen molar-refractivity contribution >= 4 is 29.9 Å². The highest BCUT2D eigenvalue weighted by Gasteiger charge is 2.29. The number of guanidine groups is 1. The number of hydrogen-bond acceptors (Lipinski definition) is 2. The van der Waals surface area contributed by atoms with Crippen LogP contribution in [0, 0.1) is 0 Å². The summed E-state index contributed by atoms with van der Waals surface area (Å²) in [5.41, 5.74) is -0.123. The van der Waals surface area contributed by atoms with Gasteiger partial charge in [-0.05, 0) is 33.1 Å². The maximum Gasteiger partial charge on any atom is 0.191 e. The average Bonchev–Trinajstić information content (AvgIpc) is 2.74. The largest absolute Gasteiger partial charge is 0.373 e. The summed E-state index contributed by atoms with van der Waals surface area (Å²) in [6.45, 7) is 6.71. The highest BCUT2D eigenvalue weighted by molar-refractivity contribution is 14.0. The zero-order valence-electron chi connectivity index (χ0n) is 11.3. The molecule has 1 unspecified atom stereocenters. The molecule has 0 aromatic heterocycles. The highest BCUT2D eigenvalue weighted by atomic mass is 127. The Morgan fingerprint density at radius 1 is 1.44 bits per heavy atom. The number of nitrogens with zero attached hydrogens (tertiary/aromatic N) is 1. The van der Waals surface area contributed by atoms with Crippen LogP contribution < -0.4 is 10.6 Å². The summed E-state index contributed by atoms with van der Waals surface area (Å²) in [4.78, 5) is 4.49. The van der Waals surface area contributed by atoms with Gasteiger partial charge in [0.15, 0.2) is 5.96 Å². The molecule has 0 amide bonds. The van der Waals surface area contributed by atoms with Gasteiger partial charge in [-0.3, -0.25) is 9.38 Å². The summed E-state index contributed by atoms with van der Waals surface area (Å²) in [5, 5.41) is 6.25. The topological polar surface area (TPSA) is 45.7 Å². The lowest BCUT2D eigenvalue weighted by Gasteiger charge is -2.21. The van der Waals surface area contributed by atoms with Gasteiger partial charge in [-0.2, -0.15) is 0 Å². The van der Waals surface area contributed by atoms with Crippen molar-refractivity contribution < 1.29 is 9.13 Å². The molecular weight excluding hydrogens is 348 g/mol. The van der Waals surface area contributed by atoms with Crippen LogP contribution in [0.1, 0.15) is 33.1 Å². The summed E-state index contributed by atoms with van der Waals surface area (Å²) < 4.78 is 17.7. The molecule has 0 spiro atoms. The third-order valence-corrected chi connectivity index (χ3v) is 2.82. The van der Waals surface area contributed by atoms with Crippen LogP contribution in [-0.4, -0.2) is 44.5 Å². The Morgan fingerprint density at radius 2 is 2.22 bits per heavy atom. The summed E-state index contributed by atoms with van der Waals surface area (Å²) in [6, 6.07) is 0. The van der Waals surface area contributed by atoms with Gasteiger partial charge in [0.05, 0.1) is 18.8 Å². The minimum Gasteiger partial charge on any atom is -0.373 e. The van der Waals surface area contributed by atoms with E-state index in [9.17, 15) is 4.39 Å². The molecule has 0 saturated carbocycles. The maximum absolute atomic E-state index is 12.0. The Bertz CT molecular complexity index is 245. The minimum absolute atomic E-state index is 0. The SMILES string of the molecule is CCNC(=NCC1(C)CCCO1)NCCCF.I. The first kappa shape index (κ1) is 17.9. The molecule has 108 valence electrons. The molecule has 0 aromatic carbocycles. The van der Waals surface area contributed by atoms with E-state index in [1.165, 1.54) is 0 Å². The van der Waals surface area contributed by atoms with Crippen LogP contribution in [0.15, 0.2) is 4.99 Å². The third kappa shape index (κ3) is 6.72. The van der Waals surface area contributed by atoms with Crippen molar-refractivity contribution in [1.82, 2.24) is 10.6 Å². The molecule has 0 aliphatic carbocycles. The van der Waals surface area contributed by atoms with Crippen LogP contribution in [0.5, 0.6) is 0 Å². The van der Waals surface area contributed by atoms with E-state index in [0.717, 1.165) is 32.0 Å². The average molecular weight is 373 g/mol. The number of alkyl halides is 1. The lowest BCUT2D eigenvalue weighted by atomic mass is 10.0. The van der Waals surface area contributed by atoms with Gasteiger partial charge in [0, 0.05) is 19.7 Å². The molecule has 4 nitrogen and oxygen atoms in total. The van der Waals surface area contributed by atoms with Crippen LogP contribution in [0.4, 0.5) is 4.39 Å². The van der Waals surface area contributed by atoms with Crippen molar-refractivity contribution in [3.8, 4) is 0 Å². The van der Waals surface area contributed by atoms with E-state index >= 15 is 0 Å². The molecule has 1 saturated heterocycles. The van der Waals surface area contributed by atoms with E-state index in [4.69, 9.17) is 4.74 Å². The smallest absolute Gasteiger partial charge is 0.191 e. The second-order valence-corrected chi connectivity index (χ2v) is 4.57. The van der Waals surface area contributed by atoms with Crippen molar-refractivity contribution in [2.45, 2.75) is 38.7 Å². The van der Waals surface area contributed by atoms with Gasteiger partial charge in [0.1, 0.15) is 0 Å². The van der Waals surface area contributed by atoms with E-state index < -0.39 is 0 Å². The van der Waals surface area contributed by atoms with Crippen LogP contribution in [0.3, 0.4) is 0 Å². The molecule has 1 heterocycles. The highest BCUT2D eigenvalue weighted by Crippen LogP contribution is 2.24. The predicted octanol–water partition coefficient (Wildman–Crippen LogP) is 2.09. The number of rotatable bonds is 6. The van der Waals surface area contributed by atoms with Gasteiger partial charge in [0.2, 0.25) is 0 Å². The summed E-state index contributed by atoms with van der Waals surface area (Å²) in [6.07, 6.45) is 2.68. The van der Waals surface area contributed by atoms with Crippen molar-refractivity contribution in [1.29, 1.82) is 0 Å². The van der Waals surface area contributed by atoms with E-state index in [1.54, 1.807) is 0 Å². The van der Waals surface area contributed by atoms with Crippen LogP contribution in [0.25, 0.3) is 0 Å². The zero-order valence-corrected chi connectivity index (χ0v) is 13.6. The molecule has 18 heavy (non-hydrogen) atoms. The fourth-order valence-electron chi connectivity index (χ4n) is 1.82. The fourth-order valence-corrected chi connectivity index (χ4v) is 1.82. The minimum atomic E-state index is -0.298. The lowest BCUT2D eigenvalue weighted by Crippen LogP contribution is -2.39. The first-order valence-corrected chi connectivity index (χ1v) is 6.42. The Hall–Kier alpha value is -0.110. The molecule has 1 aliphatic rings. The molecule has 0 aromatic rings. The third-order valence-electron chi connectivity index (χ3n) is 2.82. The van der Waals surface area contributed by atoms with E-state index in [1.807, 2.05) is 6.92 Å². The predicted molar refractivity (Wildman–Crippen MR) is 83.6 cm³/mol. The van der Waals surface area contributed by atoms with Crippen LogP contribution in [0.2, 0.25) is 0 Å². The van der Waals surface area contributed by atoms with Crippen molar-refractivity contribution in [3.63, 3.8) is 0 Å². The van der Waals surface area contributed by atoms with Gasteiger partial charge in [-0.15, -0.1) is 24.0 Å².